The van der Waals surface area contributed by atoms with Gasteiger partial charge in [-0.1, -0.05) is 11.6 Å². The lowest BCUT2D eigenvalue weighted by Gasteiger charge is -2.10. The van der Waals surface area contributed by atoms with E-state index in [4.69, 9.17) is 11.6 Å². The smallest absolute Gasteiger partial charge is 0.153 e. The molecule has 6 heteroatoms. The van der Waals surface area contributed by atoms with E-state index >= 15 is 0 Å². The normalized spacial score (nSPS) is 10.3. The molecule has 0 atom stereocenters. The Hall–Kier alpha value is -1.21. The summed E-state index contributed by atoms with van der Waals surface area (Å²) in [5, 5.41) is 3.06. The zero-order chi connectivity index (χ0) is 14.0. The minimum absolute atomic E-state index is 0.241. The van der Waals surface area contributed by atoms with Crippen molar-refractivity contribution in [1.82, 2.24) is 4.98 Å². The Morgan fingerprint density at radius 1 is 1.42 bits per heavy atom. The van der Waals surface area contributed by atoms with Crippen molar-refractivity contribution in [2.75, 3.05) is 5.32 Å². The molecular formula is C13H9ClFIN2O. The number of rotatable bonds is 3. The first kappa shape index (κ1) is 14.2. The highest BCUT2D eigenvalue weighted by molar-refractivity contribution is 14.1. The third kappa shape index (κ3) is 3.22. The van der Waals surface area contributed by atoms with Gasteiger partial charge in [0.05, 0.1) is 11.3 Å². The minimum Gasteiger partial charge on any atom is -0.337 e. The van der Waals surface area contributed by atoms with Gasteiger partial charge in [0.15, 0.2) is 6.29 Å². The molecule has 0 fully saturated rings. The van der Waals surface area contributed by atoms with E-state index in [9.17, 15) is 9.18 Å². The summed E-state index contributed by atoms with van der Waals surface area (Å²) in [6.07, 6.45) is 0.656. The first-order valence-corrected chi connectivity index (χ1v) is 6.81. The summed E-state index contributed by atoms with van der Waals surface area (Å²) in [6.45, 7) is 1.75. The van der Waals surface area contributed by atoms with E-state index in [0.29, 0.717) is 17.4 Å². The van der Waals surface area contributed by atoms with Crippen molar-refractivity contribution in [3.63, 3.8) is 0 Å². The molecule has 0 saturated heterocycles. The van der Waals surface area contributed by atoms with Crippen LogP contribution in [0.1, 0.15) is 15.9 Å². The van der Waals surface area contributed by atoms with Crippen molar-refractivity contribution in [3.05, 3.63) is 49.9 Å². The maximum Gasteiger partial charge on any atom is 0.153 e. The van der Waals surface area contributed by atoms with E-state index in [0.717, 1.165) is 3.57 Å². The Morgan fingerprint density at radius 3 is 2.79 bits per heavy atom. The highest BCUT2D eigenvalue weighted by Crippen LogP contribution is 2.25. The van der Waals surface area contributed by atoms with E-state index < -0.39 is 5.82 Å². The number of benzene rings is 1. The topological polar surface area (TPSA) is 42.0 Å². The fraction of sp³-hybridized carbons (Fsp3) is 0.0769. The van der Waals surface area contributed by atoms with Gasteiger partial charge in [0.2, 0.25) is 0 Å². The Kier molecular flexibility index (Phi) is 4.36. The van der Waals surface area contributed by atoms with Gasteiger partial charge in [-0.2, -0.15) is 0 Å². The van der Waals surface area contributed by atoms with Gasteiger partial charge in [0.1, 0.15) is 16.8 Å². The number of carbonyl (C=O) groups excluding carboxylic acids is 1. The van der Waals surface area contributed by atoms with Crippen molar-refractivity contribution >= 4 is 52.0 Å². The van der Waals surface area contributed by atoms with Gasteiger partial charge >= 0.3 is 0 Å². The summed E-state index contributed by atoms with van der Waals surface area (Å²) >= 11 is 7.93. The van der Waals surface area contributed by atoms with E-state index in [1.807, 2.05) is 22.6 Å². The van der Waals surface area contributed by atoms with Gasteiger partial charge in [0, 0.05) is 3.57 Å². The van der Waals surface area contributed by atoms with Gasteiger partial charge in [-0.3, -0.25) is 4.79 Å². The highest BCUT2D eigenvalue weighted by atomic mass is 127. The van der Waals surface area contributed by atoms with E-state index in [-0.39, 0.29) is 16.7 Å². The fourth-order valence-corrected chi connectivity index (χ4v) is 2.11. The molecule has 0 aliphatic heterocycles. The molecule has 0 bridgehead atoms. The number of hydrogen-bond donors (Lipinski definition) is 1. The van der Waals surface area contributed by atoms with E-state index in [1.54, 1.807) is 25.1 Å². The number of hydrogen-bond acceptors (Lipinski definition) is 3. The third-order valence-electron chi connectivity index (χ3n) is 2.49. The Morgan fingerprint density at radius 2 is 2.16 bits per heavy atom. The number of pyridine rings is 1. The van der Waals surface area contributed by atoms with Gasteiger partial charge in [-0.15, -0.1) is 0 Å². The van der Waals surface area contributed by atoms with Gasteiger partial charge in [-0.25, -0.2) is 9.37 Å². The Balaban J connectivity index is 2.42. The molecule has 0 aliphatic rings. The third-order valence-corrected chi connectivity index (χ3v) is 3.55. The highest BCUT2D eigenvalue weighted by Gasteiger charge is 2.10. The molecule has 0 amide bonds. The fourth-order valence-electron chi connectivity index (χ4n) is 1.52. The average molecular weight is 391 g/mol. The number of aldehydes is 1. The van der Waals surface area contributed by atoms with Crippen LogP contribution in [0.4, 0.5) is 15.9 Å². The van der Waals surface area contributed by atoms with E-state index in [2.05, 4.69) is 10.3 Å². The summed E-state index contributed by atoms with van der Waals surface area (Å²) in [7, 11) is 0. The molecule has 2 aromatic rings. The predicted molar refractivity (Wildman–Crippen MR) is 81.8 cm³/mol. The van der Waals surface area contributed by atoms with Gasteiger partial charge in [-0.05, 0) is 59.3 Å². The van der Waals surface area contributed by atoms with Crippen LogP contribution >= 0.6 is 34.2 Å². The molecule has 0 saturated carbocycles. The zero-order valence-electron chi connectivity index (χ0n) is 9.88. The molecule has 3 nitrogen and oxygen atoms in total. The molecule has 2 rings (SSSR count). The second kappa shape index (κ2) is 5.83. The number of aryl methyl sites for hydroxylation is 1. The van der Waals surface area contributed by atoms with Crippen molar-refractivity contribution in [1.29, 1.82) is 0 Å². The average Bonchev–Trinajstić information content (AvgIpc) is 2.36. The molecule has 1 aromatic heterocycles. The number of halogens is 3. The lowest BCUT2D eigenvalue weighted by molar-refractivity contribution is 0.112. The van der Waals surface area contributed by atoms with Crippen LogP contribution in [0.3, 0.4) is 0 Å². The van der Waals surface area contributed by atoms with Crippen LogP contribution in [0.2, 0.25) is 5.15 Å². The molecule has 1 heterocycles. The van der Waals surface area contributed by atoms with Crippen molar-refractivity contribution in [2.45, 2.75) is 6.92 Å². The second-order valence-electron chi connectivity index (χ2n) is 3.90. The zero-order valence-corrected chi connectivity index (χ0v) is 12.8. The van der Waals surface area contributed by atoms with Crippen LogP contribution in [0.15, 0.2) is 24.3 Å². The molecule has 0 radical (unpaired) electrons. The van der Waals surface area contributed by atoms with Crippen LogP contribution < -0.4 is 5.32 Å². The van der Waals surface area contributed by atoms with Crippen molar-refractivity contribution < 1.29 is 9.18 Å². The van der Waals surface area contributed by atoms with Crippen LogP contribution in [-0.2, 0) is 0 Å². The number of nitrogens with one attached hydrogen (secondary N) is 1. The second-order valence-corrected chi connectivity index (χ2v) is 5.50. The Labute approximate surface area is 128 Å². The Bertz CT molecular complexity index is 649. The summed E-state index contributed by atoms with van der Waals surface area (Å²) in [5.74, 6) is -0.173. The molecule has 0 unspecified atom stereocenters. The number of carbonyl (C=O) groups is 1. The SMILES string of the molecule is Cc1cc(C=O)c(Nc2ccc(I)cc2F)nc1Cl. The largest absolute Gasteiger partial charge is 0.337 e. The predicted octanol–water partition coefficient (Wildman–Crippen LogP) is 4.34. The monoisotopic (exact) mass is 390 g/mol. The van der Waals surface area contributed by atoms with Crippen LogP contribution in [-0.4, -0.2) is 11.3 Å². The van der Waals surface area contributed by atoms with Gasteiger partial charge in [0.25, 0.3) is 0 Å². The van der Waals surface area contributed by atoms with Crippen LogP contribution in [0, 0.1) is 16.3 Å². The lowest BCUT2D eigenvalue weighted by atomic mass is 10.2. The first-order chi connectivity index (χ1) is 9.01. The molecule has 1 N–H and O–H groups in total. The number of anilines is 2. The first-order valence-electron chi connectivity index (χ1n) is 5.35. The summed E-state index contributed by atoms with van der Waals surface area (Å²) in [6, 6.07) is 6.33. The van der Waals surface area contributed by atoms with Crippen LogP contribution in [0.5, 0.6) is 0 Å². The van der Waals surface area contributed by atoms with Crippen LogP contribution in [0.25, 0.3) is 0 Å². The maximum atomic E-state index is 13.7. The summed E-state index contributed by atoms with van der Waals surface area (Å²) in [5.41, 5.74) is 1.27. The molecule has 0 aliphatic carbocycles. The molecular weight excluding hydrogens is 382 g/mol. The standard InChI is InChI=1S/C13H9ClFIN2O/c1-7-4-8(6-19)13(18-12(7)14)17-11-3-2-9(16)5-10(11)15/h2-6H,1H3,(H,17,18). The van der Waals surface area contributed by atoms with Gasteiger partial charge < -0.3 is 5.32 Å². The van der Waals surface area contributed by atoms with Crippen molar-refractivity contribution in [2.24, 2.45) is 0 Å². The molecule has 1 aromatic carbocycles. The quantitative estimate of drug-likeness (QED) is 0.481. The number of nitrogens with zero attached hydrogens (tertiary/aromatic N) is 1. The van der Waals surface area contributed by atoms with E-state index in [1.165, 1.54) is 6.07 Å². The molecule has 0 spiro atoms. The lowest BCUT2D eigenvalue weighted by Crippen LogP contribution is -2.02. The number of aromatic nitrogens is 1. The minimum atomic E-state index is -0.415. The van der Waals surface area contributed by atoms with Crippen molar-refractivity contribution in [3.8, 4) is 0 Å². The molecule has 19 heavy (non-hydrogen) atoms. The summed E-state index contributed by atoms with van der Waals surface area (Å²) in [4.78, 5) is 15.1. The summed E-state index contributed by atoms with van der Waals surface area (Å²) < 4.78 is 14.5. The maximum absolute atomic E-state index is 13.7. The molecule has 98 valence electrons.